The van der Waals surface area contributed by atoms with E-state index >= 15 is 0 Å². The zero-order valence-corrected chi connectivity index (χ0v) is 14.5. The first-order valence-corrected chi connectivity index (χ1v) is 8.84. The van der Waals surface area contributed by atoms with Gasteiger partial charge in [-0.3, -0.25) is 0 Å². The number of aromatic amines is 1. The number of H-pyrrole nitrogens is 1. The van der Waals surface area contributed by atoms with Crippen LogP contribution in [0.4, 0.5) is 11.5 Å². The molecule has 0 aliphatic rings. The summed E-state index contributed by atoms with van der Waals surface area (Å²) >= 11 is 0. The molecular weight excluding hydrogens is 320 g/mol. The number of benzene rings is 3. The average Bonchev–Trinajstić information content (AvgIpc) is 3.24. The first kappa shape index (κ1) is 14.9. The molecule has 0 amide bonds. The summed E-state index contributed by atoms with van der Waals surface area (Å²) in [5, 5.41) is 12.5. The van der Waals surface area contributed by atoms with Gasteiger partial charge in [0.1, 0.15) is 0 Å². The number of rotatable bonds is 3. The Balaban J connectivity index is 1.60. The van der Waals surface area contributed by atoms with Crippen LogP contribution < -0.4 is 0 Å². The Kier molecular flexibility index (Phi) is 3.35. The highest BCUT2D eigenvalue weighted by molar-refractivity contribution is 6.08. The normalized spacial score (nSPS) is 12.0. The van der Waals surface area contributed by atoms with Crippen LogP contribution in [0.3, 0.4) is 0 Å². The van der Waals surface area contributed by atoms with Gasteiger partial charge in [0.2, 0.25) is 0 Å². The second-order valence-electron chi connectivity index (χ2n) is 6.40. The highest BCUT2D eigenvalue weighted by Gasteiger charge is 2.09. The van der Waals surface area contributed by atoms with Crippen molar-refractivity contribution in [3.05, 3.63) is 72.8 Å². The minimum Gasteiger partial charge on any atom is -0.341 e. The average molecular weight is 338 g/mol. The van der Waals surface area contributed by atoms with E-state index in [1.54, 1.807) is 0 Å². The van der Waals surface area contributed by atoms with Gasteiger partial charge in [-0.05, 0) is 43.3 Å². The minimum atomic E-state index is 0.766. The van der Waals surface area contributed by atoms with E-state index in [1.165, 1.54) is 21.8 Å². The van der Waals surface area contributed by atoms with E-state index < -0.39 is 0 Å². The van der Waals surface area contributed by atoms with Crippen LogP contribution in [0.2, 0.25) is 0 Å². The Morgan fingerprint density at radius 3 is 2.50 bits per heavy atom. The predicted octanol–water partition coefficient (Wildman–Crippen LogP) is 6.71. The van der Waals surface area contributed by atoms with Crippen molar-refractivity contribution in [2.24, 2.45) is 10.2 Å². The smallest absolute Gasteiger partial charge is 0.153 e. The number of azo groups is 1. The fourth-order valence-electron chi connectivity index (χ4n) is 3.67. The lowest BCUT2D eigenvalue weighted by Gasteiger charge is -2.02. The maximum Gasteiger partial charge on any atom is 0.153 e. The maximum absolute atomic E-state index is 4.45. The largest absolute Gasteiger partial charge is 0.341 e. The number of aromatic nitrogens is 2. The Bertz CT molecular complexity index is 1240. The van der Waals surface area contributed by atoms with Gasteiger partial charge in [-0.25, -0.2) is 0 Å². The van der Waals surface area contributed by atoms with Crippen molar-refractivity contribution < 1.29 is 0 Å². The number of para-hydroxylation sites is 2. The van der Waals surface area contributed by atoms with Crippen molar-refractivity contribution in [2.75, 3.05) is 0 Å². The van der Waals surface area contributed by atoms with Crippen LogP contribution in [-0.2, 0) is 6.54 Å². The van der Waals surface area contributed by atoms with Gasteiger partial charge < -0.3 is 9.55 Å². The highest BCUT2D eigenvalue weighted by atomic mass is 15.1. The molecule has 0 aliphatic heterocycles. The quantitative estimate of drug-likeness (QED) is 0.355. The van der Waals surface area contributed by atoms with Crippen molar-refractivity contribution in [1.29, 1.82) is 0 Å². The summed E-state index contributed by atoms with van der Waals surface area (Å²) in [6, 6.07) is 25.0. The van der Waals surface area contributed by atoms with E-state index in [0.29, 0.717) is 0 Å². The van der Waals surface area contributed by atoms with Gasteiger partial charge in [0.15, 0.2) is 5.82 Å². The SMILES string of the molecule is CCn1c2ccccc2c2cc(N=Nc3cc4ccccc4[nH]3)ccc21. The number of aryl methyl sites for hydroxylation is 1. The number of hydrogen-bond donors (Lipinski definition) is 1. The van der Waals surface area contributed by atoms with Crippen LogP contribution in [0.5, 0.6) is 0 Å². The second-order valence-corrected chi connectivity index (χ2v) is 6.40. The summed E-state index contributed by atoms with van der Waals surface area (Å²) in [7, 11) is 0. The third-order valence-electron chi connectivity index (χ3n) is 4.86. The van der Waals surface area contributed by atoms with Gasteiger partial charge >= 0.3 is 0 Å². The zero-order valence-electron chi connectivity index (χ0n) is 14.5. The number of nitrogens with one attached hydrogen (secondary N) is 1. The van der Waals surface area contributed by atoms with E-state index in [0.717, 1.165) is 29.0 Å². The summed E-state index contributed by atoms with van der Waals surface area (Å²) in [4.78, 5) is 3.28. The lowest BCUT2D eigenvalue weighted by Crippen LogP contribution is -1.92. The molecule has 2 aromatic heterocycles. The Hall–Kier alpha value is -3.40. The van der Waals surface area contributed by atoms with Gasteiger partial charge in [0.25, 0.3) is 0 Å². The standard InChI is InChI=1S/C22H18N4/c1-2-26-20-10-6-4-8-17(20)18-14-16(11-12-21(18)26)24-25-22-13-15-7-3-5-9-19(15)23-22/h3-14,23H,2H2,1H3. The van der Waals surface area contributed by atoms with Crippen LogP contribution >= 0.6 is 0 Å². The van der Waals surface area contributed by atoms with E-state index in [2.05, 4.69) is 69.2 Å². The molecule has 4 heteroatoms. The first-order valence-electron chi connectivity index (χ1n) is 8.84. The maximum atomic E-state index is 4.45. The highest BCUT2D eigenvalue weighted by Crippen LogP contribution is 2.32. The molecule has 0 fully saturated rings. The lowest BCUT2D eigenvalue weighted by atomic mass is 10.1. The summed E-state index contributed by atoms with van der Waals surface area (Å²) in [6.07, 6.45) is 0. The monoisotopic (exact) mass is 338 g/mol. The molecule has 5 aromatic rings. The Morgan fingerprint density at radius 2 is 1.62 bits per heavy atom. The van der Waals surface area contributed by atoms with Crippen LogP contribution in [-0.4, -0.2) is 9.55 Å². The van der Waals surface area contributed by atoms with Crippen molar-refractivity contribution in [3.63, 3.8) is 0 Å². The van der Waals surface area contributed by atoms with E-state index in [9.17, 15) is 0 Å². The van der Waals surface area contributed by atoms with Crippen LogP contribution in [0.25, 0.3) is 32.7 Å². The molecule has 0 radical (unpaired) electrons. The lowest BCUT2D eigenvalue weighted by molar-refractivity contribution is 0.827. The van der Waals surface area contributed by atoms with Gasteiger partial charge in [0, 0.05) is 39.3 Å². The molecule has 26 heavy (non-hydrogen) atoms. The molecule has 0 aliphatic carbocycles. The molecule has 3 aromatic carbocycles. The van der Waals surface area contributed by atoms with Crippen molar-refractivity contribution in [3.8, 4) is 0 Å². The second kappa shape index (κ2) is 5.85. The third-order valence-corrected chi connectivity index (χ3v) is 4.86. The van der Waals surface area contributed by atoms with E-state index in [1.807, 2.05) is 30.3 Å². The molecule has 126 valence electrons. The number of nitrogens with zero attached hydrogens (tertiary/aromatic N) is 3. The van der Waals surface area contributed by atoms with Crippen molar-refractivity contribution >= 4 is 44.2 Å². The van der Waals surface area contributed by atoms with Gasteiger partial charge in [0.05, 0.1) is 5.69 Å². The van der Waals surface area contributed by atoms with E-state index in [4.69, 9.17) is 0 Å². The molecule has 0 atom stereocenters. The van der Waals surface area contributed by atoms with Gasteiger partial charge in [-0.2, -0.15) is 0 Å². The fourth-order valence-corrected chi connectivity index (χ4v) is 3.67. The molecule has 0 saturated carbocycles. The van der Waals surface area contributed by atoms with Crippen LogP contribution in [0.15, 0.2) is 83.0 Å². The predicted molar refractivity (Wildman–Crippen MR) is 108 cm³/mol. The molecule has 4 nitrogen and oxygen atoms in total. The van der Waals surface area contributed by atoms with Crippen LogP contribution in [0.1, 0.15) is 6.92 Å². The van der Waals surface area contributed by atoms with E-state index in [-0.39, 0.29) is 0 Å². The molecule has 0 saturated heterocycles. The minimum absolute atomic E-state index is 0.766. The van der Waals surface area contributed by atoms with Gasteiger partial charge in [-0.1, -0.05) is 36.4 Å². The molecule has 0 bridgehead atoms. The zero-order chi connectivity index (χ0) is 17.5. The number of fused-ring (bicyclic) bond motifs is 4. The molecule has 2 heterocycles. The molecule has 5 rings (SSSR count). The Morgan fingerprint density at radius 1 is 0.808 bits per heavy atom. The molecule has 1 N–H and O–H groups in total. The van der Waals surface area contributed by atoms with Crippen molar-refractivity contribution in [2.45, 2.75) is 13.5 Å². The molecule has 0 unspecified atom stereocenters. The summed E-state index contributed by atoms with van der Waals surface area (Å²) < 4.78 is 2.34. The molecular formula is C22H18N4. The molecule has 0 spiro atoms. The summed E-state index contributed by atoms with van der Waals surface area (Å²) in [5.74, 6) is 0.766. The van der Waals surface area contributed by atoms with Crippen molar-refractivity contribution in [1.82, 2.24) is 9.55 Å². The first-order chi connectivity index (χ1) is 12.8. The topological polar surface area (TPSA) is 45.4 Å². The summed E-state index contributed by atoms with van der Waals surface area (Å²) in [6.45, 7) is 3.12. The third kappa shape index (κ3) is 2.30. The van der Waals surface area contributed by atoms with Gasteiger partial charge in [-0.15, -0.1) is 10.2 Å². The fraction of sp³-hybridized carbons (Fsp3) is 0.0909. The van der Waals surface area contributed by atoms with Crippen LogP contribution in [0, 0.1) is 0 Å². The number of hydrogen-bond acceptors (Lipinski definition) is 2. The Labute approximate surface area is 150 Å². The summed E-state index contributed by atoms with van der Waals surface area (Å²) in [5.41, 5.74) is 4.42.